The molecule has 0 aromatic heterocycles. The van der Waals surface area contributed by atoms with E-state index >= 15 is 0 Å². The van der Waals surface area contributed by atoms with Crippen LogP contribution in [0.15, 0.2) is 29.2 Å². The molecule has 1 aromatic rings. The third-order valence-corrected chi connectivity index (χ3v) is 5.09. The molecule has 0 N–H and O–H groups in total. The number of amides is 2. The molecule has 0 unspecified atom stereocenters. The van der Waals surface area contributed by atoms with E-state index in [1.54, 1.807) is 6.08 Å². The van der Waals surface area contributed by atoms with Crippen LogP contribution in [0.25, 0.3) is 6.08 Å². The zero-order chi connectivity index (χ0) is 16.8. The molecule has 2 rings (SSSR count). The van der Waals surface area contributed by atoms with E-state index in [9.17, 15) is 9.59 Å². The molecule has 1 aromatic carbocycles. The third-order valence-electron chi connectivity index (χ3n) is 3.46. The van der Waals surface area contributed by atoms with Gasteiger partial charge in [0.2, 0.25) is 0 Å². The average molecular weight is 444 g/mol. The fourth-order valence-electron chi connectivity index (χ4n) is 2.42. The van der Waals surface area contributed by atoms with E-state index < -0.39 is 0 Å². The van der Waals surface area contributed by atoms with Gasteiger partial charge in [0.05, 0.1) is 11.6 Å². The number of benzene rings is 1. The topological polar surface area (TPSA) is 40.6 Å². The minimum Gasteiger partial charge on any atom is -0.286 e. The molecule has 0 aliphatic carbocycles. The Morgan fingerprint density at radius 1 is 1.13 bits per heavy atom. The number of hydrogen-bond donors (Lipinski definition) is 0. The SMILES string of the molecule is CCCN(CCC)CN1C(=O)S/C(=C/c2ccc(I)cc2)C1=O. The first-order chi connectivity index (χ1) is 11.0. The van der Waals surface area contributed by atoms with E-state index in [0.29, 0.717) is 11.6 Å². The molecule has 0 radical (unpaired) electrons. The predicted octanol–water partition coefficient (Wildman–Crippen LogP) is 4.41. The summed E-state index contributed by atoms with van der Waals surface area (Å²) in [6.45, 7) is 6.38. The molecule has 1 aliphatic heterocycles. The Bertz CT molecular complexity index is 595. The Morgan fingerprint density at radius 3 is 2.30 bits per heavy atom. The van der Waals surface area contributed by atoms with Crippen molar-refractivity contribution in [2.45, 2.75) is 26.7 Å². The average Bonchev–Trinajstić information content (AvgIpc) is 2.78. The molecule has 1 fully saturated rings. The normalized spacial score (nSPS) is 16.9. The van der Waals surface area contributed by atoms with Crippen LogP contribution in [0.3, 0.4) is 0 Å². The molecule has 6 heteroatoms. The zero-order valence-electron chi connectivity index (χ0n) is 13.4. The van der Waals surface area contributed by atoms with Gasteiger partial charge in [0.25, 0.3) is 11.1 Å². The summed E-state index contributed by atoms with van der Waals surface area (Å²) < 4.78 is 1.14. The van der Waals surface area contributed by atoms with Crippen LogP contribution in [0.4, 0.5) is 4.79 Å². The second-order valence-electron chi connectivity index (χ2n) is 5.42. The summed E-state index contributed by atoms with van der Waals surface area (Å²) in [5.74, 6) is -0.184. The smallest absolute Gasteiger partial charge is 0.286 e. The summed E-state index contributed by atoms with van der Waals surface area (Å²) in [4.78, 5) is 28.7. The molecule has 0 spiro atoms. The van der Waals surface area contributed by atoms with Crippen LogP contribution in [0.2, 0.25) is 0 Å². The summed E-state index contributed by atoms with van der Waals surface area (Å²) in [6.07, 6.45) is 3.81. The van der Waals surface area contributed by atoms with E-state index in [-0.39, 0.29) is 11.1 Å². The minimum absolute atomic E-state index is 0.177. The van der Waals surface area contributed by atoms with Crippen molar-refractivity contribution in [3.05, 3.63) is 38.3 Å². The molecule has 1 aliphatic rings. The van der Waals surface area contributed by atoms with Gasteiger partial charge < -0.3 is 0 Å². The summed E-state index contributed by atoms with van der Waals surface area (Å²) in [7, 11) is 0. The third kappa shape index (κ3) is 5.06. The van der Waals surface area contributed by atoms with Crippen LogP contribution < -0.4 is 0 Å². The van der Waals surface area contributed by atoms with Crippen LogP contribution in [0.5, 0.6) is 0 Å². The lowest BCUT2D eigenvalue weighted by Crippen LogP contribution is -2.41. The molecule has 1 saturated heterocycles. The van der Waals surface area contributed by atoms with Crippen molar-refractivity contribution < 1.29 is 9.59 Å². The van der Waals surface area contributed by atoms with Gasteiger partial charge >= 0.3 is 0 Å². The van der Waals surface area contributed by atoms with Crippen LogP contribution in [0.1, 0.15) is 32.3 Å². The van der Waals surface area contributed by atoms with Crippen molar-refractivity contribution >= 4 is 51.6 Å². The fourth-order valence-corrected chi connectivity index (χ4v) is 3.61. The van der Waals surface area contributed by atoms with Crippen molar-refractivity contribution in [2.75, 3.05) is 19.8 Å². The lowest BCUT2D eigenvalue weighted by Gasteiger charge is -2.25. The number of thioether (sulfide) groups is 1. The largest absolute Gasteiger partial charge is 0.294 e. The maximum atomic E-state index is 12.5. The molecule has 4 nitrogen and oxygen atoms in total. The maximum absolute atomic E-state index is 12.5. The minimum atomic E-state index is -0.184. The number of halogens is 1. The van der Waals surface area contributed by atoms with Crippen LogP contribution in [-0.2, 0) is 4.79 Å². The summed E-state index contributed by atoms with van der Waals surface area (Å²) >= 11 is 3.27. The zero-order valence-corrected chi connectivity index (χ0v) is 16.4. The number of rotatable bonds is 7. The predicted molar refractivity (Wildman–Crippen MR) is 104 cm³/mol. The molecule has 124 valence electrons. The van der Waals surface area contributed by atoms with E-state index in [1.807, 2.05) is 24.3 Å². The Morgan fingerprint density at radius 2 is 1.74 bits per heavy atom. The van der Waals surface area contributed by atoms with E-state index in [2.05, 4.69) is 41.3 Å². The molecule has 0 saturated carbocycles. The highest BCUT2D eigenvalue weighted by Crippen LogP contribution is 2.32. The monoisotopic (exact) mass is 444 g/mol. The van der Waals surface area contributed by atoms with Crippen molar-refractivity contribution in [2.24, 2.45) is 0 Å². The van der Waals surface area contributed by atoms with Crippen molar-refractivity contribution in [1.82, 2.24) is 9.80 Å². The van der Waals surface area contributed by atoms with Crippen molar-refractivity contribution in [3.63, 3.8) is 0 Å². The molecule has 23 heavy (non-hydrogen) atoms. The van der Waals surface area contributed by atoms with Gasteiger partial charge in [-0.25, -0.2) is 0 Å². The lowest BCUT2D eigenvalue weighted by atomic mass is 10.2. The summed E-state index contributed by atoms with van der Waals surface area (Å²) in [5.41, 5.74) is 0.940. The Kier molecular flexibility index (Phi) is 7.10. The standard InChI is InChI=1S/C17H21IN2O2S/c1-3-9-19(10-4-2)12-20-16(21)15(23-17(20)22)11-13-5-7-14(18)8-6-13/h5-8,11H,3-4,9-10,12H2,1-2H3/b15-11+. The number of carbonyl (C=O) groups is 2. The van der Waals surface area contributed by atoms with E-state index in [1.165, 1.54) is 4.90 Å². The Labute approximate surface area is 155 Å². The van der Waals surface area contributed by atoms with Crippen LogP contribution >= 0.6 is 34.4 Å². The van der Waals surface area contributed by atoms with Crippen molar-refractivity contribution in [3.8, 4) is 0 Å². The summed E-state index contributed by atoms with van der Waals surface area (Å²) in [6, 6.07) is 7.88. The van der Waals surface area contributed by atoms with E-state index in [0.717, 1.165) is 46.8 Å². The van der Waals surface area contributed by atoms with Gasteiger partial charge in [-0.3, -0.25) is 19.4 Å². The van der Waals surface area contributed by atoms with E-state index in [4.69, 9.17) is 0 Å². The number of hydrogen-bond acceptors (Lipinski definition) is 4. The number of nitrogens with zero attached hydrogens (tertiary/aromatic N) is 2. The second kappa shape index (κ2) is 8.84. The fraction of sp³-hybridized carbons (Fsp3) is 0.412. The quantitative estimate of drug-likeness (QED) is 0.462. The molecular formula is C17H21IN2O2S. The van der Waals surface area contributed by atoms with Gasteiger partial charge in [0.15, 0.2) is 0 Å². The molecular weight excluding hydrogens is 423 g/mol. The first-order valence-corrected chi connectivity index (χ1v) is 9.68. The highest BCUT2D eigenvalue weighted by Gasteiger charge is 2.35. The molecule has 0 atom stereocenters. The maximum Gasteiger partial charge on any atom is 0.294 e. The van der Waals surface area contributed by atoms with Crippen LogP contribution in [0, 0.1) is 3.57 Å². The lowest BCUT2D eigenvalue weighted by molar-refractivity contribution is -0.124. The highest BCUT2D eigenvalue weighted by atomic mass is 127. The molecule has 2 amide bonds. The van der Waals surface area contributed by atoms with Gasteiger partial charge in [-0.2, -0.15) is 0 Å². The van der Waals surface area contributed by atoms with Gasteiger partial charge in [-0.05, 0) is 84.1 Å². The second-order valence-corrected chi connectivity index (χ2v) is 7.66. The van der Waals surface area contributed by atoms with Gasteiger partial charge in [0, 0.05) is 3.57 Å². The Balaban J connectivity index is 2.11. The van der Waals surface area contributed by atoms with Gasteiger partial charge in [-0.15, -0.1) is 0 Å². The van der Waals surface area contributed by atoms with Gasteiger partial charge in [0.1, 0.15) is 0 Å². The number of carbonyl (C=O) groups excluding carboxylic acids is 2. The molecule has 0 bridgehead atoms. The van der Waals surface area contributed by atoms with Gasteiger partial charge in [-0.1, -0.05) is 26.0 Å². The number of imide groups is 1. The van der Waals surface area contributed by atoms with Crippen molar-refractivity contribution in [1.29, 1.82) is 0 Å². The first-order valence-electron chi connectivity index (χ1n) is 7.78. The first kappa shape index (κ1) is 18.5. The summed E-state index contributed by atoms with van der Waals surface area (Å²) in [5, 5.41) is -0.177. The highest BCUT2D eigenvalue weighted by molar-refractivity contribution is 14.1. The molecule has 1 heterocycles. The Hall–Kier alpha value is -0.860. The van der Waals surface area contributed by atoms with Crippen LogP contribution in [-0.4, -0.2) is 40.7 Å².